The molecule has 0 aliphatic carbocycles. The number of hydrogen-bond acceptors (Lipinski definition) is 3. The van der Waals surface area contributed by atoms with Crippen molar-refractivity contribution in [2.75, 3.05) is 32.8 Å². The van der Waals surface area contributed by atoms with E-state index >= 15 is 0 Å². The molecule has 3 rings (SSSR count). The van der Waals surface area contributed by atoms with E-state index in [9.17, 15) is 4.79 Å². The largest absolute Gasteiger partial charge is 0.491 e. The zero-order chi connectivity index (χ0) is 16.2. The van der Waals surface area contributed by atoms with Gasteiger partial charge in [-0.25, -0.2) is 0 Å². The molecular weight excluding hydrogens is 335 g/mol. The van der Waals surface area contributed by atoms with Gasteiger partial charge in [-0.2, -0.15) is 0 Å². The van der Waals surface area contributed by atoms with Gasteiger partial charge < -0.3 is 15.0 Å². The Morgan fingerprint density at radius 2 is 1.91 bits per heavy atom. The molecule has 6 heteroatoms. The Bertz CT molecular complexity index is 554. The van der Waals surface area contributed by atoms with Gasteiger partial charge in [-0.05, 0) is 49.9 Å². The van der Waals surface area contributed by atoms with Gasteiger partial charge in [0.2, 0.25) is 5.91 Å². The second-order valence-corrected chi connectivity index (χ2v) is 7.07. The van der Waals surface area contributed by atoms with Gasteiger partial charge in [0.1, 0.15) is 10.8 Å². The smallest absolute Gasteiger partial charge is 0.225 e. The molecule has 0 saturated carbocycles. The van der Waals surface area contributed by atoms with Gasteiger partial charge in [0.15, 0.2) is 0 Å². The Morgan fingerprint density at radius 3 is 2.61 bits per heavy atom. The number of carbonyl (C=O) groups is 1. The first kappa shape index (κ1) is 16.9. The van der Waals surface area contributed by atoms with Crippen molar-refractivity contribution in [3.63, 3.8) is 0 Å². The summed E-state index contributed by atoms with van der Waals surface area (Å²) in [4.78, 5) is 14.4. The Balaban J connectivity index is 1.47. The number of likely N-dealkylation sites (tertiary alicyclic amines) is 1. The van der Waals surface area contributed by atoms with Crippen molar-refractivity contribution in [1.82, 2.24) is 10.2 Å². The van der Waals surface area contributed by atoms with Crippen LogP contribution in [0, 0.1) is 11.8 Å². The lowest BCUT2D eigenvalue weighted by Gasteiger charge is -2.21. The normalized spacial score (nSPS) is 24.2. The highest BCUT2D eigenvalue weighted by Crippen LogP contribution is 2.31. The molecule has 0 radical (unpaired) electrons. The minimum Gasteiger partial charge on any atom is -0.491 e. The molecule has 0 spiro atoms. The Kier molecular flexibility index (Phi) is 5.67. The number of benzene rings is 1. The summed E-state index contributed by atoms with van der Waals surface area (Å²) < 4.78 is 5.61. The van der Waals surface area contributed by atoms with E-state index in [0.717, 1.165) is 50.9 Å². The molecule has 2 aliphatic rings. The quantitative estimate of drug-likeness (QED) is 0.900. The standard InChI is InChI=1S/C17H22Cl2N2O2/c18-14-2-1-3-15(17(14)19)23-9-6-16(22)21-7-4-12-10-20-11-13(12)5-8-21/h1-3,12-13,20H,4-11H2/t12-,13+. The monoisotopic (exact) mass is 356 g/mol. The zero-order valence-corrected chi connectivity index (χ0v) is 14.6. The minimum atomic E-state index is 0.163. The number of nitrogens with zero attached hydrogens (tertiary/aromatic N) is 1. The van der Waals surface area contributed by atoms with Crippen LogP contribution in [0.15, 0.2) is 18.2 Å². The van der Waals surface area contributed by atoms with E-state index in [1.54, 1.807) is 18.2 Å². The molecule has 2 atom stereocenters. The van der Waals surface area contributed by atoms with E-state index < -0.39 is 0 Å². The molecule has 1 amide bonds. The van der Waals surface area contributed by atoms with Gasteiger partial charge in [-0.1, -0.05) is 29.3 Å². The molecule has 23 heavy (non-hydrogen) atoms. The summed E-state index contributed by atoms with van der Waals surface area (Å²) in [6, 6.07) is 5.26. The van der Waals surface area contributed by atoms with Gasteiger partial charge in [0.05, 0.1) is 18.1 Å². The predicted molar refractivity (Wildman–Crippen MR) is 92.2 cm³/mol. The van der Waals surface area contributed by atoms with Gasteiger partial charge in [-0.15, -0.1) is 0 Å². The number of hydrogen-bond donors (Lipinski definition) is 1. The molecule has 1 aromatic rings. The van der Waals surface area contributed by atoms with Crippen molar-refractivity contribution >= 4 is 29.1 Å². The van der Waals surface area contributed by atoms with Crippen molar-refractivity contribution < 1.29 is 9.53 Å². The second-order valence-electron chi connectivity index (χ2n) is 6.29. The second kappa shape index (κ2) is 7.73. The lowest BCUT2D eigenvalue weighted by Crippen LogP contribution is -2.33. The first-order chi connectivity index (χ1) is 11.1. The lowest BCUT2D eigenvalue weighted by atomic mass is 9.92. The summed E-state index contributed by atoms with van der Waals surface area (Å²) in [5.41, 5.74) is 0. The van der Waals surface area contributed by atoms with Gasteiger partial charge in [-0.3, -0.25) is 4.79 Å². The van der Waals surface area contributed by atoms with Crippen LogP contribution in [0.1, 0.15) is 19.3 Å². The number of amides is 1. The molecule has 4 nitrogen and oxygen atoms in total. The highest BCUT2D eigenvalue weighted by Gasteiger charge is 2.31. The van der Waals surface area contributed by atoms with Crippen molar-refractivity contribution in [2.45, 2.75) is 19.3 Å². The highest BCUT2D eigenvalue weighted by atomic mass is 35.5. The molecule has 0 bridgehead atoms. The van der Waals surface area contributed by atoms with Gasteiger partial charge in [0, 0.05) is 13.1 Å². The number of nitrogens with one attached hydrogen (secondary N) is 1. The van der Waals surface area contributed by atoms with E-state index in [1.165, 1.54) is 0 Å². The van der Waals surface area contributed by atoms with E-state index in [1.807, 2.05) is 4.90 Å². The summed E-state index contributed by atoms with van der Waals surface area (Å²) in [5, 5.41) is 4.31. The summed E-state index contributed by atoms with van der Waals surface area (Å²) in [7, 11) is 0. The Morgan fingerprint density at radius 1 is 1.22 bits per heavy atom. The molecule has 1 aromatic carbocycles. The molecule has 0 aromatic heterocycles. The summed E-state index contributed by atoms with van der Waals surface area (Å²) in [6.07, 6.45) is 2.57. The third kappa shape index (κ3) is 4.11. The van der Waals surface area contributed by atoms with Crippen LogP contribution in [-0.2, 0) is 4.79 Å². The number of rotatable bonds is 4. The van der Waals surface area contributed by atoms with Crippen molar-refractivity contribution in [3.8, 4) is 5.75 Å². The molecule has 2 heterocycles. The molecular formula is C17H22Cl2N2O2. The Hall–Kier alpha value is -0.970. The van der Waals surface area contributed by atoms with Crippen LogP contribution in [0.5, 0.6) is 5.75 Å². The fourth-order valence-electron chi connectivity index (χ4n) is 3.47. The number of carbonyl (C=O) groups excluding carboxylic acids is 1. The average molecular weight is 357 g/mol. The fourth-order valence-corrected chi connectivity index (χ4v) is 3.82. The first-order valence-corrected chi connectivity index (χ1v) is 8.96. The fraction of sp³-hybridized carbons (Fsp3) is 0.588. The molecule has 126 valence electrons. The molecule has 2 aliphatic heterocycles. The Labute approximate surface area is 147 Å². The van der Waals surface area contributed by atoms with E-state index in [-0.39, 0.29) is 5.91 Å². The predicted octanol–water partition coefficient (Wildman–Crippen LogP) is 3.22. The van der Waals surface area contributed by atoms with Crippen LogP contribution in [0.4, 0.5) is 0 Å². The maximum absolute atomic E-state index is 12.4. The van der Waals surface area contributed by atoms with Crippen molar-refractivity contribution in [2.24, 2.45) is 11.8 Å². The average Bonchev–Trinajstić information content (AvgIpc) is 2.90. The molecule has 2 fully saturated rings. The highest BCUT2D eigenvalue weighted by molar-refractivity contribution is 6.42. The van der Waals surface area contributed by atoms with Gasteiger partial charge >= 0.3 is 0 Å². The third-order valence-corrected chi connectivity index (χ3v) is 5.66. The van der Waals surface area contributed by atoms with Crippen LogP contribution in [0.3, 0.4) is 0 Å². The maximum atomic E-state index is 12.4. The summed E-state index contributed by atoms with van der Waals surface area (Å²) in [6.45, 7) is 4.25. The SMILES string of the molecule is O=C(CCOc1cccc(Cl)c1Cl)N1CC[C@@H]2CNC[C@@H]2CC1. The van der Waals surface area contributed by atoms with E-state index in [2.05, 4.69) is 5.32 Å². The maximum Gasteiger partial charge on any atom is 0.225 e. The van der Waals surface area contributed by atoms with Crippen LogP contribution >= 0.6 is 23.2 Å². The molecule has 1 N–H and O–H groups in total. The number of ether oxygens (including phenoxy) is 1. The van der Waals surface area contributed by atoms with Crippen molar-refractivity contribution in [1.29, 1.82) is 0 Å². The molecule has 2 saturated heterocycles. The van der Waals surface area contributed by atoms with E-state index in [4.69, 9.17) is 27.9 Å². The van der Waals surface area contributed by atoms with Crippen LogP contribution in [0.25, 0.3) is 0 Å². The zero-order valence-electron chi connectivity index (χ0n) is 13.1. The van der Waals surface area contributed by atoms with Crippen molar-refractivity contribution in [3.05, 3.63) is 28.2 Å². The number of fused-ring (bicyclic) bond motifs is 1. The summed E-state index contributed by atoms with van der Waals surface area (Å²) in [5.74, 6) is 2.16. The molecule has 0 unspecified atom stereocenters. The van der Waals surface area contributed by atoms with Gasteiger partial charge in [0.25, 0.3) is 0 Å². The summed E-state index contributed by atoms with van der Waals surface area (Å²) >= 11 is 12.0. The number of halogens is 2. The van der Waals surface area contributed by atoms with Crippen LogP contribution < -0.4 is 10.1 Å². The minimum absolute atomic E-state index is 0.163. The first-order valence-electron chi connectivity index (χ1n) is 8.20. The topological polar surface area (TPSA) is 41.6 Å². The van der Waals surface area contributed by atoms with E-state index in [0.29, 0.717) is 28.8 Å². The third-order valence-electron chi connectivity index (χ3n) is 4.86. The van der Waals surface area contributed by atoms with Crippen LogP contribution in [-0.4, -0.2) is 43.6 Å². The lowest BCUT2D eigenvalue weighted by molar-refractivity contribution is -0.131. The van der Waals surface area contributed by atoms with Crippen LogP contribution in [0.2, 0.25) is 10.0 Å².